The van der Waals surface area contributed by atoms with Crippen molar-refractivity contribution < 1.29 is 18.9 Å². The van der Waals surface area contributed by atoms with Gasteiger partial charge >= 0.3 is 0 Å². The molecule has 1 heterocycles. The Morgan fingerprint density at radius 2 is 1.60 bits per heavy atom. The number of unbranched alkanes of at least 4 members (excludes halogenated alkanes) is 1. The molecular formula is C13H22BrNO4S. The van der Waals surface area contributed by atoms with E-state index < -0.39 is 0 Å². The summed E-state index contributed by atoms with van der Waals surface area (Å²) in [6.07, 6.45) is 2.27. The molecule has 0 aliphatic carbocycles. The molecule has 5 nitrogen and oxygen atoms in total. The molecule has 0 aliphatic rings. The lowest BCUT2D eigenvalue weighted by atomic mass is 10.4. The summed E-state index contributed by atoms with van der Waals surface area (Å²) in [6, 6.07) is 0. The van der Waals surface area contributed by atoms with E-state index in [9.17, 15) is 0 Å². The first-order valence-corrected chi connectivity index (χ1v) is 8.47. The lowest BCUT2D eigenvalue weighted by Crippen LogP contribution is -2.12. The fraction of sp³-hybridized carbons (Fsp3) is 0.769. The standard InChI is InChI=1S/C13H22BrNO4S/c1-2-3-4-16-5-6-17-7-8-18-9-10-19-13-15-12(14)11-20-13/h11H,2-10H2,1H3. The van der Waals surface area contributed by atoms with Crippen LogP contribution in [0.3, 0.4) is 0 Å². The minimum atomic E-state index is 0.500. The molecule has 0 amide bonds. The average molecular weight is 368 g/mol. The Kier molecular flexibility index (Phi) is 11.2. The maximum Gasteiger partial charge on any atom is 0.274 e. The molecule has 0 N–H and O–H groups in total. The zero-order chi connectivity index (χ0) is 14.5. The smallest absolute Gasteiger partial charge is 0.274 e. The van der Waals surface area contributed by atoms with Crippen molar-refractivity contribution in [3.8, 4) is 5.19 Å². The van der Waals surface area contributed by atoms with Crippen LogP contribution in [0.15, 0.2) is 9.98 Å². The number of ether oxygens (including phenoxy) is 4. The van der Waals surface area contributed by atoms with Crippen molar-refractivity contribution in [1.82, 2.24) is 4.98 Å². The SMILES string of the molecule is CCCCOCCOCCOCCOc1nc(Br)cs1. The molecule has 0 saturated carbocycles. The minimum Gasteiger partial charge on any atom is -0.468 e. The highest BCUT2D eigenvalue weighted by Gasteiger charge is 1.99. The monoisotopic (exact) mass is 367 g/mol. The number of hydrogen-bond donors (Lipinski definition) is 0. The van der Waals surface area contributed by atoms with Gasteiger partial charge < -0.3 is 18.9 Å². The van der Waals surface area contributed by atoms with Crippen LogP contribution in [0, 0.1) is 0 Å². The van der Waals surface area contributed by atoms with Crippen molar-refractivity contribution in [2.24, 2.45) is 0 Å². The number of aromatic nitrogens is 1. The van der Waals surface area contributed by atoms with Gasteiger partial charge in [0, 0.05) is 12.0 Å². The van der Waals surface area contributed by atoms with Gasteiger partial charge in [-0.3, -0.25) is 0 Å². The molecule has 1 aromatic heterocycles. The number of rotatable bonds is 13. The predicted octanol–water partition coefficient (Wildman–Crippen LogP) is 3.13. The highest BCUT2D eigenvalue weighted by atomic mass is 79.9. The van der Waals surface area contributed by atoms with Gasteiger partial charge in [0.1, 0.15) is 11.2 Å². The fourth-order valence-corrected chi connectivity index (χ4v) is 2.39. The van der Waals surface area contributed by atoms with E-state index >= 15 is 0 Å². The molecule has 0 aliphatic heterocycles. The lowest BCUT2D eigenvalue weighted by Gasteiger charge is -2.06. The van der Waals surface area contributed by atoms with Crippen molar-refractivity contribution in [3.63, 3.8) is 0 Å². The first kappa shape index (κ1) is 17.8. The highest BCUT2D eigenvalue weighted by Crippen LogP contribution is 2.21. The van der Waals surface area contributed by atoms with Gasteiger partial charge in [0.05, 0.1) is 33.0 Å². The Hall–Kier alpha value is -0.210. The predicted molar refractivity (Wildman–Crippen MR) is 82.7 cm³/mol. The maximum absolute atomic E-state index is 5.40. The van der Waals surface area contributed by atoms with Gasteiger partial charge in [0.25, 0.3) is 5.19 Å². The van der Waals surface area contributed by atoms with Crippen LogP contribution in [0.25, 0.3) is 0 Å². The second kappa shape index (κ2) is 12.5. The summed E-state index contributed by atoms with van der Waals surface area (Å²) < 4.78 is 22.3. The summed E-state index contributed by atoms with van der Waals surface area (Å²) >= 11 is 4.73. The molecule has 7 heteroatoms. The summed E-state index contributed by atoms with van der Waals surface area (Å²) in [5.74, 6) is 0. The van der Waals surface area contributed by atoms with E-state index in [2.05, 4.69) is 27.8 Å². The second-order valence-electron chi connectivity index (χ2n) is 3.98. The van der Waals surface area contributed by atoms with Crippen LogP contribution < -0.4 is 4.74 Å². The van der Waals surface area contributed by atoms with Crippen LogP contribution >= 0.6 is 27.3 Å². The van der Waals surface area contributed by atoms with Gasteiger partial charge in [-0.25, -0.2) is 0 Å². The van der Waals surface area contributed by atoms with Gasteiger partial charge in [-0.05, 0) is 22.4 Å². The van der Waals surface area contributed by atoms with Crippen molar-refractivity contribution >= 4 is 27.3 Å². The number of halogens is 1. The maximum atomic E-state index is 5.40. The number of thiazole rings is 1. The first-order chi connectivity index (χ1) is 9.83. The van der Waals surface area contributed by atoms with Gasteiger partial charge in [0.15, 0.2) is 0 Å². The summed E-state index contributed by atoms with van der Waals surface area (Å²) in [5.41, 5.74) is 0. The molecule has 1 aromatic rings. The molecule has 0 radical (unpaired) electrons. The largest absolute Gasteiger partial charge is 0.468 e. The second-order valence-corrected chi connectivity index (χ2v) is 5.61. The van der Waals surface area contributed by atoms with Crippen molar-refractivity contribution in [1.29, 1.82) is 0 Å². The van der Waals surface area contributed by atoms with Crippen LogP contribution in [0.1, 0.15) is 19.8 Å². The zero-order valence-electron chi connectivity index (χ0n) is 11.8. The molecule has 0 atom stereocenters. The summed E-state index contributed by atoms with van der Waals surface area (Å²) in [5, 5.41) is 2.54. The normalized spacial score (nSPS) is 10.9. The quantitative estimate of drug-likeness (QED) is 0.501. The van der Waals surface area contributed by atoms with Crippen molar-refractivity contribution in [2.45, 2.75) is 19.8 Å². The van der Waals surface area contributed by atoms with Crippen LogP contribution in [0.5, 0.6) is 5.19 Å². The van der Waals surface area contributed by atoms with Crippen molar-refractivity contribution in [3.05, 3.63) is 9.98 Å². The third-order valence-corrected chi connectivity index (χ3v) is 3.76. The fourth-order valence-electron chi connectivity index (χ4n) is 1.28. The Morgan fingerprint density at radius 1 is 1.00 bits per heavy atom. The Bertz CT molecular complexity index is 338. The zero-order valence-corrected chi connectivity index (χ0v) is 14.2. The van der Waals surface area contributed by atoms with Gasteiger partial charge in [0.2, 0.25) is 0 Å². The minimum absolute atomic E-state index is 0.500. The third kappa shape index (κ3) is 9.66. The Labute approximate surface area is 132 Å². The summed E-state index contributed by atoms with van der Waals surface area (Å²) in [4.78, 5) is 4.12. The van der Waals surface area contributed by atoms with E-state index in [4.69, 9.17) is 18.9 Å². The van der Waals surface area contributed by atoms with Crippen molar-refractivity contribution in [2.75, 3.05) is 46.2 Å². The van der Waals surface area contributed by atoms with E-state index in [0.29, 0.717) is 44.8 Å². The van der Waals surface area contributed by atoms with Gasteiger partial charge in [-0.15, -0.1) is 0 Å². The topological polar surface area (TPSA) is 49.8 Å². The van der Waals surface area contributed by atoms with Crippen LogP contribution in [-0.2, 0) is 14.2 Å². The molecular weight excluding hydrogens is 346 g/mol. The lowest BCUT2D eigenvalue weighted by molar-refractivity contribution is 0.00893. The Balaban J connectivity index is 1.76. The van der Waals surface area contributed by atoms with E-state index in [1.807, 2.05) is 5.38 Å². The molecule has 116 valence electrons. The van der Waals surface area contributed by atoms with Crippen LogP contribution in [0.4, 0.5) is 0 Å². The summed E-state index contributed by atoms with van der Waals surface area (Å²) in [6.45, 7) is 6.43. The molecule has 20 heavy (non-hydrogen) atoms. The molecule has 0 unspecified atom stereocenters. The van der Waals surface area contributed by atoms with E-state index in [0.717, 1.165) is 24.1 Å². The number of hydrogen-bond acceptors (Lipinski definition) is 6. The highest BCUT2D eigenvalue weighted by molar-refractivity contribution is 9.10. The van der Waals surface area contributed by atoms with Crippen LogP contribution in [-0.4, -0.2) is 51.2 Å². The molecule has 0 saturated heterocycles. The van der Waals surface area contributed by atoms with Crippen LogP contribution in [0.2, 0.25) is 0 Å². The molecule has 0 bridgehead atoms. The summed E-state index contributed by atoms with van der Waals surface area (Å²) in [7, 11) is 0. The van der Waals surface area contributed by atoms with E-state index in [-0.39, 0.29) is 0 Å². The molecule has 1 rings (SSSR count). The third-order valence-electron chi connectivity index (χ3n) is 2.29. The molecule has 0 aromatic carbocycles. The van der Waals surface area contributed by atoms with Gasteiger partial charge in [-0.2, -0.15) is 4.98 Å². The molecule has 0 spiro atoms. The van der Waals surface area contributed by atoms with Gasteiger partial charge in [-0.1, -0.05) is 24.7 Å². The number of nitrogens with zero attached hydrogens (tertiary/aromatic N) is 1. The first-order valence-electron chi connectivity index (χ1n) is 6.80. The van der Waals surface area contributed by atoms with E-state index in [1.54, 1.807) is 0 Å². The molecule has 0 fully saturated rings. The Morgan fingerprint density at radius 3 is 2.15 bits per heavy atom. The average Bonchev–Trinajstić information content (AvgIpc) is 2.86. The van der Waals surface area contributed by atoms with E-state index in [1.165, 1.54) is 11.3 Å².